The first kappa shape index (κ1) is 23.9. The number of carboxylic acid groups (broad SMARTS) is 1. The lowest BCUT2D eigenvalue weighted by Gasteiger charge is -2.35. The Bertz CT molecular complexity index is 1410. The predicted molar refractivity (Wildman–Crippen MR) is 142 cm³/mol. The van der Waals surface area contributed by atoms with Gasteiger partial charge in [-0.2, -0.15) is 0 Å². The molecule has 0 fully saturated rings. The molecule has 0 amide bonds. The molecule has 5 rings (SSSR count). The fourth-order valence-corrected chi connectivity index (χ4v) is 5.48. The number of methoxy groups -OCH3 is 1. The maximum Gasteiger partial charge on any atom is 0.335 e. The molecule has 0 aromatic heterocycles. The van der Waals surface area contributed by atoms with Crippen LogP contribution in [0.3, 0.4) is 0 Å². The number of benzene rings is 4. The van der Waals surface area contributed by atoms with E-state index in [2.05, 4.69) is 60.8 Å². The average molecular weight is 482 g/mol. The molecule has 1 aliphatic rings. The van der Waals surface area contributed by atoms with Crippen LogP contribution in [0.1, 0.15) is 57.9 Å². The largest absolute Gasteiger partial charge is 0.496 e. The van der Waals surface area contributed by atoms with E-state index in [1.54, 1.807) is 19.2 Å². The van der Waals surface area contributed by atoms with Gasteiger partial charge in [0.25, 0.3) is 0 Å². The molecule has 4 aromatic carbocycles. The minimum Gasteiger partial charge on any atom is -0.496 e. The highest BCUT2D eigenvalue weighted by molar-refractivity contribution is 5.90. The standard InChI is InChI=1S/C31H31NO4/c1-19-23(31(33)34)15-16-29(35-3)30(19)27-17-22(36-28-14-7-6-12-26(27)28)18-32-20(2)24-13-8-10-21-9-4-5-11-25(21)24/h4-16,20,22,27,32H,17-18H2,1-3H3,(H,33,34)/t20-,22-,27-/m1/s1. The smallest absolute Gasteiger partial charge is 0.335 e. The molecular formula is C31H31NO4. The molecule has 0 spiro atoms. The number of fused-ring (bicyclic) bond motifs is 2. The van der Waals surface area contributed by atoms with E-state index in [-0.39, 0.29) is 18.1 Å². The number of carbonyl (C=O) groups is 1. The van der Waals surface area contributed by atoms with E-state index in [9.17, 15) is 9.90 Å². The molecule has 2 N–H and O–H groups in total. The van der Waals surface area contributed by atoms with Gasteiger partial charge >= 0.3 is 5.97 Å². The average Bonchev–Trinajstić information content (AvgIpc) is 2.90. The topological polar surface area (TPSA) is 67.8 Å². The molecule has 0 aliphatic carbocycles. The van der Waals surface area contributed by atoms with E-state index in [0.29, 0.717) is 24.3 Å². The van der Waals surface area contributed by atoms with Crippen molar-refractivity contribution in [2.24, 2.45) is 0 Å². The van der Waals surface area contributed by atoms with Gasteiger partial charge in [0.1, 0.15) is 17.6 Å². The van der Waals surface area contributed by atoms with E-state index in [1.807, 2.05) is 25.1 Å². The van der Waals surface area contributed by atoms with Crippen LogP contribution in [0.2, 0.25) is 0 Å². The van der Waals surface area contributed by atoms with Crippen molar-refractivity contribution in [1.82, 2.24) is 5.32 Å². The third-order valence-electron chi connectivity index (χ3n) is 7.30. The van der Waals surface area contributed by atoms with Crippen molar-refractivity contribution in [3.05, 3.63) is 107 Å². The van der Waals surface area contributed by atoms with Gasteiger partial charge in [-0.3, -0.25) is 0 Å². The van der Waals surface area contributed by atoms with Gasteiger partial charge in [-0.05, 0) is 60.4 Å². The summed E-state index contributed by atoms with van der Waals surface area (Å²) in [7, 11) is 1.63. The van der Waals surface area contributed by atoms with E-state index in [1.165, 1.54) is 16.3 Å². The first-order valence-electron chi connectivity index (χ1n) is 12.3. The molecule has 3 atom stereocenters. The number of aromatic carboxylic acids is 1. The maximum atomic E-state index is 11.9. The molecule has 5 nitrogen and oxygen atoms in total. The van der Waals surface area contributed by atoms with E-state index < -0.39 is 5.97 Å². The summed E-state index contributed by atoms with van der Waals surface area (Å²) in [5.74, 6) is 0.568. The molecule has 0 unspecified atom stereocenters. The predicted octanol–water partition coefficient (Wildman–Crippen LogP) is 6.49. The fraction of sp³-hybridized carbons (Fsp3) is 0.258. The highest BCUT2D eigenvalue weighted by Gasteiger charge is 2.33. The molecule has 1 aliphatic heterocycles. The van der Waals surface area contributed by atoms with Gasteiger partial charge in [0, 0.05) is 29.6 Å². The van der Waals surface area contributed by atoms with E-state index in [4.69, 9.17) is 9.47 Å². The molecule has 0 bridgehead atoms. The lowest BCUT2D eigenvalue weighted by Crippen LogP contribution is -2.37. The zero-order valence-electron chi connectivity index (χ0n) is 20.8. The number of hydrogen-bond acceptors (Lipinski definition) is 4. The summed E-state index contributed by atoms with van der Waals surface area (Å²) in [6, 6.07) is 26.4. The van der Waals surface area contributed by atoms with Crippen LogP contribution in [0.5, 0.6) is 11.5 Å². The zero-order valence-corrected chi connectivity index (χ0v) is 20.8. The summed E-state index contributed by atoms with van der Waals surface area (Å²) in [6.07, 6.45) is 0.631. The highest BCUT2D eigenvalue weighted by Crippen LogP contribution is 2.45. The Morgan fingerprint density at radius 3 is 2.61 bits per heavy atom. The van der Waals surface area contributed by atoms with E-state index >= 15 is 0 Å². The number of hydrogen-bond donors (Lipinski definition) is 2. The number of rotatable bonds is 7. The lowest BCUT2D eigenvalue weighted by atomic mass is 9.80. The van der Waals surface area contributed by atoms with Gasteiger partial charge in [-0.15, -0.1) is 0 Å². The normalized spacial score (nSPS) is 17.8. The third-order valence-corrected chi connectivity index (χ3v) is 7.30. The first-order chi connectivity index (χ1) is 17.5. The maximum absolute atomic E-state index is 11.9. The molecule has 0 saturated carbocycles. The first-order valence-corrected chi connectivity index (χ1v) is 12.3. The Balaban J connectivity index is 1.44. The third kappa shape index (κ3) is 4.42. The van der Waals surface area contributed by atoms with Gasteiger partial charge < -0.3 is 19.9 Å². The summed E-state index contributed by atoms with van der Waals surface area (Å²) in [6.45, 7) is 4.71. The second kappa shape index (κ2) is 10.0. The van der Waals surface area contributed by atoms with Gasteiger partial charge in [0.15, 0.2) is 0 Å². The summed E-state index contributed by atoms with van der Waals surface area (Å²) in [5.41, 5.74) is 4.26. The van der Waals surface area contributed by atoms with Crippen molar-refractivity contribution in [1.29, 1.82) is 0 Å². The summed E-state index contributed by atoms with van der Waals surface area (Å²) in [4.78, 5) is 11.9. The van der Waals surface area contributed by atoms with Crippen LogP contribution in [0, 0.1) is 6.92 Å². The summed E-state index contributed by atoms with van der Waals surface area (Å²) >= 11 is 0. The van der Waals surface area contributed by atoms with Crippen LogP contribution in [0.25, 0.3) is 10.8 Å². The van der Waals surface area contributed by atoms with Crippen LogP contribution in [-0.4, -0.2) is 30.8 Å². The summed E-state index contributed by atoms with van der Waals surface area (Å²) in [5, 5.41) is 15.9. The molecule has 184 valence electrons. The molecule has 0 saturated heterocycles. The summed E-state index contributed by atoms with van der Waals surface area (Å²) < 4.78 is 12.1. The fourth-order valence-electron chi connectivity index (χ4n) is 5.48. The molecule has 36 heavy (non-hydrogen) atoms. The number of para-hydroxylation sites is 1. The minimum atomic E-state index is -0.932. The second-order valence-electron chi connectivity index (χ2n) is 9.42. The second-order valence-corrected chi connectivity index (χ2v) is 9.42. The van der Waals surface area contributed by atoms with Crippen LogP contribution in [-0.2, 0) is 0 Å². The molecule has 1 heterocycles. The van der Waals surface area contributed by atoms with Crippen molar-refractivity contribution < 1.29 is 19.4 Å². The molecular weight excluding hydrogens is 450 g/mol. The Morgan fingerprint density at radius 1 is 1.06 bits per heavy atom. The Labute approximate surface area is 211 Å². The number of ether oxygens (including phenoxy) is 2. The SMILES string of the molecule is COc1ccc(C(=O)O)c(C)c1[C@@H]1C[C@H](CN[C@H](C)c2cccc3ccccc23)Oc2ccccc21. The molecule has 0 radical (unpaired) electrons. The van der Waals surface area contributed by atoms with Crippen molar-refractivity contribution in [3.63, 3.8) is 0 Å². The Hall–Kier alpha value is -3.83. The quantitative estimate of drug-likeness (QED) is 0.316. The van der Waals surface area contributed by atoms with Gasteiger partial charge in [-0.25, -0.2) is 4.79 Å². The van der Waals surface area contributed by atoms with Crippen molar-refractivity contribution in [2.75, 3.05) is 13.7 Å². The number of nitrogens with one attached hydrogen (secondary N) is 1. The van der Waals surface area contributed by atoms with Crippen LogP contribution in [0.4, 0.5) is 0 Å². The van der Waals surface area contributed by atoms with Gasteiger partial charge in [0.2, 0.25) is 0 Å². The van der Waals surface area contributed by atoms with Crippen molar-refractivity contribution in [2.45, 2.75) is 38.3 Å². The van der Waals surface area contributed by atoms with Gasteiger partial charge in [-0.1, -0.05) is 60.7 Å². The molecule has 4 aromatic rings. The zero-order chi connectivity index (χ0) is 25.2. The Kier molecular flexibility index (Phi) is 6.66. The Morgan fingerprint density at radius 2 is 1.81 bits per heavy atom. The molecule has 5 heteroatoms. The monoisotopic (exact) mass is 481 g/mol. The lowest BCUT2D eigenvalue weighted by molar-refractivity contribution is 0.0696. The minimum absolute atomic E-state index is 0.0381. The van der Waals surface area contributed by atoms with Gasteiger partial charge in [0.05, 0.1) is 12.7 Å². The van der Waals surface area contributed by atoms with Crippen LogP contribution in [0.15, 0.2) is 78.9 Å². The van der Waals surface area contributed by atoms with Crippen molar-refractivity contribution >= 4 is 16.7 Å². The van der Waals surface area contributed by atoms with Crippen molar-refractivity contribution in [3.8, 4) is 11.5 Å². The van der Waals surface area contributed by atoms with Crippen LogP contribution >= 0.6 is 0 Å². The van der Waals surface area contributed by atoms with E-state index in [0.717, 1.165) is 22.4 Å². The highest BCUT2D eigenvalue weighted by atomic mass is 16.5. The number of carboxylic acids is 1. The van der Waals surface area contributed by atoms with Crippen LogP contribution < -0.4 is 14.8 Å².